The summed E-state index contributed by atoms with van der Waals surface area (Å²) in [6.45, 7) is -0.699. The molecule has 0 spiro atoms. The van der Waals surface area contributed by atoms with Crippen LogP contribution in [-0.2, 0) is 19.7 Å². The first kappa shape index (κ1) is 27.9. The number of aliphatic hydroxyl groups is 1. The second kappa shape index (κ2) is 11.1. The number of nitro groups is 1. The Morgan fingerprint density at radius 2 is 1.68 bits per heavy atom. The van der Waals surface area contributed by atoms with Crippen molar-refractivity contribution in [3.63, 3.8) is 0 Å². The summed E-state index contributed by atoms with van der Waals surface area (Å²) in [4.78, 5) is 41.1. The molecule has 3 aromatic heterocycles. The molecule has 0 fully saturated rings. The van der Waals surface area contributed by atoms with Crippen molar-refractivity contribution in [1.29, 1.82) is 0 Å². The van der Waals surface area contributed by atoms with Crippen LogP contribution in [0.5, 0.6) is 0 Å². The van der Waals surface area contributed by atoms with E-state index < -0.39 is 41.0 Å². The number of halogens is 2. The number of thiophene rings is 1. The highest BCUT2D eigenvalue weighted by Gasteiger charge is 2.26. The van der Waals surface area contributed by atoms with E-state index in [-0.39, 0.29) is 39.5 Å². The van der Waals surface area contributed by atoms with E-state index in [9.17, 15) is 33.6 Å². The third-order valence-electron chi connectivity index (χ3n) is 6.36. The van der Waals surface area contributed by atoms with Gasteiger partial charge in [0.2, 0.25) is 0 Å². The summed E-state index contributed by atoms with van der Waals surface area (Å²) in [6, 6.07) is 11.8. The maximum absolute atomic E-state index is 14.8. The normalized spacial score (nSPS) is 11.5. The van der Waals surface area contributed by atoms with Gasteiger partial charge in [0.1, 0.15) is 16.5 Å². The summed E-state index contributed by atoms with van der Waals surface area (Å²) in [5, 5.41) is 28.4. The molecule has 5 aromatic rings. The van der Waals surface area contributed by atoms with Crippen molar-refractivity contribution in [2.24, 2.45) is 0 Å². The number of fused-ring (bicyclic) bond motifs is 1. The number of hydrogen-bond acceptors (Lipinski definition) is 9. The van der Waals surface area contributed by atoms with E-state index in [0.29, 0.717) is 16.0 Å². The molecule has 210 valence electrons. The lowest BCUT2D eigenvalue weighted by Crippen LogP contribution is -2.40. The highest BCUT2D eigenvalue weighted by Crippen LogP contribution is 2.38. The van der Waals surface area contributed by atoms with Gasteiger partial charge in [-0.2, -0.15) is 5.10 Å². The number of nitrogens with zero attached hydrogens (tertiary/aromatic N) is 6. The van der Waals surface area contributed by atoms with Crippen LogP contribution >= 0.6 is 11.3 Å². The van der Waals surface area contributed by atoms with Crippen molar-refractivity contribution in [1.82, 2.24) is 24.2 Å². The molecule has 0 bridgehead atoms. The van der Waals surface area contributed by atoms with Crippen LogP contribution in [0.4, 0.5) is 14.5 Å². The largest absolute Gasteiger partial charge is 0.390 e. The molecule has 0 radical (unpaired) electrons. The summed E-state index contributed by atoms with van der Waals surface area (Å²) in [5.41, 5.74) is -0.828. The minimum Gasteiger partial charge on any atom is -0.390 e. The van der Waals surface area contributed by atoms with Gasteiger partial charge in [0.15, 0.2) is 5.82 Å². The van der Waals surface area contributed by atoms with Gasteiger partial charge in [0.25, 0.3) is 11.2 Å². The summed E-state index contributed by atoms with van der Waals surface area (Å²) >= 11 is 1.07. The van der Waals surface area contributed by atoms with Crippen LogP contribution in [0, 0.1) is 21.7 Å². The number of aliphatic hydroxyl groups excluding tert-OH is 1. The maximum atomic E-state index is 14.8. The molecular weight excluding hydrogens is 558 g/mol. The van der Waals surface area contributed by atoms with Crippen LogP contribution in [0.15, 0.2) is 64.2 Å². The lowest BCUT2D eigenvalue weighted by atomic mass is 10.1. The zero-order chi connectivity index (χ0) is 29.4. The van der Waals surface area contributed by atoms with Gasteiger partial charge in [-0.3, -0.25) is 19.5 Å². The number of rotatable bonds is 8. The molecule has 11 nitrogen and oxygen atoms in total. The molecule has 14 heteroatoms. The van der Waals surface area contributed by atoms with Crippen LogP contribution < -0.4 is 11.2 Å². The maximum Gasteiger partial charge on any atom is 0.338 e. The van der Waals surface area contributed by atoms with Gasteiger partial charge >= 0.3 is 5.69 Å². The molecule has 0 atom stereocenters. The number of aromatic nitrogens is 4. The van der Waals surface area contributed by atoms with E-state index >= 15 is 0 Å². The predicted molar refractivity (Wildman–Crippen MR) is 148 cm³/mol. The van der Waals surface area contributed by atoms with E-state index in [0.717, 1.165) is 32.6 Å². The van der Waals surface area contributed by atoms with Crippen molar-refractivity contribution in [2.75, 3.05) is 14.1 Å². The average Bonchev–Trinajstić information content (AvgIpc) is 3.31. The molecule has 3 heterocycles. The first-order chi connectivity index (χ1) is 19.6. The second-order valence-electron chi connectivity index (χ2n) is 9.38. The molecule has 5 rings (SSSR count). The zero-order valence-electron chi connectivity index (χ0n) is 21.7. The highest BCUT2D eigenvalue weighted by atomic mass is 32.1. The Labute approximate surface area is 234 Å². The number of hydrogen-bond donors (Lipinski definition) is 1. The zero-order valence-corrected chi connectivity index (χ0v) is 22.6. The monoisotopic (exact) mass is 580 g/mol. The minimum atomic E-state index is -0.899. The lowest BCUT2D eigenvalue weighted by molar-refractivity contribution is -0.384. The Hall–Kier alpha value is -4.66. The van der Waals surface area contributed by atoms with Gasteiger partial charge in [0, 0.05) is 29.1 Å². The van der Waals surface area contributed by atoms with Crippen molar-refractivity contribution in [3.8, 4) is 16.3 Å². The number of nitro benzene ring substituents is 1. The Bertz CT molecular complexity index is 1880. The van der Waals surface area contributed by atoms with Gasteiger partial charge in [-0.15, -0.1) is 16.4 Å². The van der Waals surface area contributed by atoms with E-state index in [1.165, 1.54) is 30.3 Å². The van der Waals surface area contributed by atoms with Crippen molar-refractivity contribution < 1.29 is 18.8 Å². The summed E-state index contributed by atoms with van der Waals surface area (Å²) in [6.07, 6.45) is 0. The molecule has 0 aliphatic heterocycles. The molecule has 0 aliphatic rings. The topological polar surface area (TPSA) is 136 Å². The molecule has 0 saturated carbocycles. The van der Waals surface area contributed by atoms with Crippen LogP contribution in [0.3, 0.4) is 0 Å². The molecule has 0 saturated heterocycles. The molecule has 41 heavy (non-hydrogen) atoms. The summed E-state index contributed by atoms with van der Waals surface area (Å²) < 4.78 is 31.4. The van der Waals surface area contributed by atoms with E-state index in [4.69, 9.17) is 0 Å². The Balaban J connectivity index is 1.87. The third-order valence-corrected chi connectivity index (χ3v) is 7.67. The van der Waals surface area contributed by atoms with E-state index in [1.54, 1.807) is 26.2 Å². The Morgan fingerprint density at radius 1 is 1.00 bits per heavy atom. The first-order valence-corrected chi connectivity index (χ1v) is 13.0. The SMILES string of the molecule is CN(C)Cc1c(-c2ccc([N+](=O)[O-])cc2)sc2c1c(=O)n(-c1ccc(CO)nn1)c(=O)n2Cc1c(F)cccc1F. The molecule has 2 aromatic carbocycles. The van der Waals surface area contributed by atoms with E-state index in [1.807, 2.05) is 4.90 Å². The lowest BCUT2D eigenvalue weighted by Gasteiger charge is -2.14. The molecule has 1 N–H and O–H groups in total. The predicted octanol–water partition coefficient (Wildman–Crippen LogP) is 3.46. The Morgan fingerprint density at radius 3 is 2.24 bits per heavy atom. The van der Waals surface area contributed by atoms with Gasteiger partial charge in [-0.1, -0.05) is 6.07 Å². The van der Waals surface area contributed by atoms with Crippen LogP contribution in [0.2, 0.25) is 0 Å². The second-order valence-corrected chi connectivity index (χ2v) is 10.4. The summed E-state index contributed by atoms with van der Waals surface area (Å²) in [5.74, 6) is -1.87. The highest BCUT2D eigenvalue weighted by molar-refractivity contribution is 7.22. The van der Waals surface area contributed by atoms with Gasteiger partial charge in [-0.05, 0) is 61.6 Å². The number of benzene rings is 2. The van der Waals surface area contributed by atoms with Gasteiger partial charge < -0.3 is 10.0 Å². The number of non-ortho nitro benzene ring substituents is 1. The van der Waals surface area contributed by atoms with Crippen molar-refractivity contribution in [3.05, 3.63) is 114 Å². The van der Waals surface area contributed by atoms with Gasteiger partial charge in [0.05, 0.1) is 29.2 Å². The van der Waals surface area contributed by atoms with Crippen molar-refractivity contribution >= 4 is 27.2 Å². The smallest absolute Gasteiger partial charge is 0.338 e. The molecule has 0 amide bonds. The molecule has 0 aliphatic carbocycles. The van der Waals surface area contributed by atoms with Crippen LogP contribution in [0.25, 0.3) is 26.5 Å². The first-order valence-electron chi connectivity index (χ1n) is 12.2. The fourth-order valence-corrected chi connectivity index (χ4v) is 5.75. The van der Waals surface area contributed by atoms with Crippen molar-refractivity contribution in [2.45, 2.75) is 19.7 Å². The quantitative estimate of drug-likeness (QED) is 0.218. The molecule has 0 unspecified atom stereocenters. The molecular formula is C27H22F2N6O5S. The summed E-state index contributed by atoms with van der Waals surface area (Å²) in [7, 11) is 3.57. The fraction of sp³-hybridized carbons (Fsp3) is 0.185. The average molecular weight is 581 g/mol. The van der Waals surface area contributed by atoms with E-state index in [2.05, 4.69) is 10.2 Å². The minimum absolute atomic E-state index is 0.122. The van der Waals surface area contributed by atoms with Crippen LogP contribution in [0.1, 0.15) is 16.8 Å². The standard InChI is InChI=1S/C27H22F2N6O5S/c1-32(2)12-19-23-25(37)34(22-11-8-16(14-36)30-31-22)27(38)33(13-18-20(28)4-3-5-21(18)29)26(23)41-24(19)15-6-9-17(10-7-15)35(39)40/h3-11,36H,12-14H2,1-2H3. The third kappa shape index (κ3) is 5.15. The fourth-order valence-electron chi connectivity index (χ4n) is 4.44. The Kier molecular flexibility index (Phi) is 7.53. The van der Waals surface area contributed by atoms with Gasteiger partial charge in [-0.25, -0.2) is 18.1 Å². The van der Waals surface area contributed by atoms with Crippen LogP contribution in [-0.4, -0.2) is 48.4 Å².